The summed E-state index contributed by atoms with van der Waals surface area (Å²) in [5.41, 5.74) is 2.77. The molecule has 1 atom stereocenters. The molecule has 1 unspecified atom stereocenters. The largest absolute Gasteiger partial charge is 0.481 e. The Morgan fingerprint density at radius 1 is 1.11 bits per heavy atom. The number of sulfone groups is 1. The average molecular weight is 514 g/mol. The molecule has 0 aliphatic heterocycles. The van der Waals surface area contributed by atoms with E-state index in [1.165, 1.54) is 12.3 Å². The molecule has 4 N–H and O–H groups in total. The summed E-state index contributed by atoms with van der Waals surface area (Å²) < 4.78 is 24.5. The number of nitrogens with zero attached hydrogens (tertiary/aromatic N) is 3. The summed E-state index contributed by atoms with van der Waals surface area (Å²) in [5.74, 6) is -5.30. The van der Waals surface area contributed by atoms with E-state index in [9.17, 15) is 22.8 Å². The number of carboxylic acid groups (broad SMARTS) is 2. The summed E-state index contributed by atoms with van der Waals surface area (Å²) >= 11 is 0. The van der Waals surface area contributed by atoms with Crippen molar-refractivity contribution in [3.8, 4) is 11.4 Å². The van der Waals surface area contributed by atoms with Crippen LogP contribution in [-0.4, -0.2) is 69.0 Å². The van der Waals surface area contributed by atoms with Gasteiger partial charge < -0.3 is 20.8 Å². The molecule has 3 heterocycles. The van der Waals surface area contributed by atoms with Crippen molar-refractivity contribution in [3.63, 3.8) is 0 Å². The molecule has 0 spiro atoms. The van der Waals surface area contributed by atoms with Crippen LogP contribution >= 0.6 is 0 Å². The van der Waals surface area contributed by atoms with Crippen molar-refractivity contribution in [2.24, 2.45) is 0 Å². The van der Waals surface area contributed by atoms with Gasteiger partial charge in [-0.15, -0.1) is 0 Å². The number of hydrogen-bond acceptors (Lipinski definition) is 9. The molecule has 1 amide bonds. The Kier molecular flexibility index (Phi) is 8.27. The lowest BCUT2D eigenvalue weighted by Crippen LogP contribution is -2.44. The molecule has 0 aliphatic carbocycles. The van der Waals surface area contributed by atoms with E-state index >= 15 is 0 Å². The van der Waals surface area contributed by atoms with Crippen molar-refractivity contribution in [1.29, 1.82) is 0 Å². The number of aryl methyl sites for hydroxylation is 1. The quantitative estimate of drug-likeness (QED) is 0.290. The molecule has 188 valence electrons. The number of amides is 1. The third kappa shape index (κ3) is 7.06. The number of hydrogen-bond donors (Lipinski definition) is 4. The molecular weight excluding hydrogens is 490 g/mol. The number of rotatable bonds is 11. The molecule has 0 saturated carbocycles. The second kappa shape index (κ2) is 11.4. The Labute approximate surface area is 206 Å². The standard InChI is InChI=1S/C23H23N5O7S/c1-14-5-2-7-24-20(14)16-11-15-6-3-8-25-21(15)22(28-16)26-9-4-10-36(34,35)13-18(29)27-17(23(32)33)12-19(30)31/h2-9,11,17H,10,12-13H2,1H3,(H,26,28)(H,27,29)(H,30,31)(H,32,33). The minimum absolute atomic E-state index is 0.373. The number of carboxylic acids is 2. The SMILES string of the molecule is Cc1cccnc1-c1cc2cccnc2c(NC=CCS(=O)(=O)CC(=O)NC(CC(=O)O)C(=O)O)n1. The number of aliphatic carboxylic acids is 2. The zero-order valence-corrected chi connectivity index (χ0v) is 19.9. The van der Waals surface area contributed by atoms with Gasteiger partial charge in [0.1, 0.15) is 17.3 Å². The lowest BCUT2D eigenvalue weighted by Gasteiger charge is -2.12. The maximum atomic E-state index is 12.3. The van der Waals surface area contributed by atoms with Crippen LogP contribution in [0, 0.1) is 6.92 Å². The predicted octanol–water partition coefficient (Wildman–Crippen LogP) is 1.38. The van der Waals surface area contributed by atoms with Crippen molar-refractivity contribution in [1.82, 2.24) is 20.3 Å². The first kappa shape index (κ1) is 26.2. The highest BCUT2D eigenvalue weighted by Gasteiger charge is 2.25. The van der Waals surface area contributed by atoms with Gasteiger partial charge in [-0.2, -0.15) is 0 Å². The number of anilines is 1. The third-order valence-corrected chi connectivity index (χ3v) is 6.29. The fourth-order valence-electron chi connectivity index (χ4n) is 3.26. The highest BCUT2D eigenvalue weighted by molar-refractivity contribution is 7.92. The van der Waals surface area contributed by atoms with Gasteiger partial charge in [0, 0.05) is 17.8 Å². The summed E-state index contributed by atoms with van der Waals surface area (Å²) in [6.07, 6.45) is 5.00. The van der Waals surface area contributed by atoms with E-state index in [1.807, 2.05) is 36.5 Å². The number of nitrogens with one attached hydrogen (secondary N) is 2. The minimum atomic E-state index is -3.96. The van der Waals surface area contributed by atoms with Crippen LogP contribution in [0.5, 0.6) is 0 Å². The van der Waals surface area contributed by atoms with Crippen LogP contribution in [0.2, 0.25) is 0 Å². The minimum Gasteiger partial charge on any atom is -0.481 e. The van der Waals surface area contributed by atoms with E-state index in [4.69, 9.17) is 10.2 Å². The van der Waals surface area contributed by atoms with Gasteiger partial charge in [0.25, 0.3) is 0 Å². The molecule has 12 nitrogen and oxygen atoms in total. The van der Waals surface area contributed by atoms with Gasteiger partial charge in [-0.05, 0) is 36.9 Å². The number of carbonyl (C=O) groups excluding carboxylic acids is 1. The smallest absolute Gasteiger partial charge is 0.326 e. The number of pyridine rings is 3. The van der Waals surface area contributed by atoms with Crippen molar-refractivity contribution >= 4 is 44.4 Å². The maximum absolute atomic E-state index is 12.3. The summed E-state index contributed by atoms with van der Waals surface area (Å²) in [6, 6.07) is 7.48. The Morgan fingerprint density at radius 3 is 2.53 bits per heavy atom. The molecule has 3 rings (SSSR count). The van der Waals surface area contributed by atoms with Crippen LogP contribution in [0.3, 0.4) is 0 Å². The zero-order valence-electron chi connectivity index (χ0n) is 19.1. The first-order chi connectivity index (χ1) is 17.1. The van der Waals surface area contributed by atoms with Crippen LogP contribution in [0.1, 0.15) is 12.0 Å². The van der Waals surface area contributed by atoms with Crippen molar-refractivity contribution < 1.29 is 33.0 Å². The summed E-state index contributed by atoms with van der Waals surface area (Å²) in [6.45, 7) is 1.91. The Bertz CT molecular complexity index is 1440. The van der Waals surface area contributed by atoms with Crippen molar-refractivity contribution in [3.05, 3.63) is 60.6 Å². The van der Waals surface area contributed by atoms with Gasteiger partial charge in [-0.25, -0.2) is 18.2 Å². The van der Waals surface area contributed by atoms with Crippen molar-refractivity contribution in [2.75, 3.05) is 16.8 Å². The molecule has 36 heavy (non-hydrogen) atoms. The first-order valence-corrected chi connectivity index (χ1v) is 12.4. The molecule has 13 heteroatoms. The van der Waals surface area contributed by atoms with E-state index in [1.54, 1.807) is 18.5 Å². The van der Waals surface area contributed by atoms with E-state index in [0.717, 1.165) is 10.9 Å². The number of aromatic nitrogens is 3. The van der Waals surface area contributed by atoms with Gasteiger partial charge in [0.15, 0.2) is 15.7 Å². The molecular formula is C23H23N5O7S. The van der Waals surface area contributed by atoms with Gasteiger partial charge in [-0.1, -0.05) is 18.2 Å². The summed E-state index contributed by atoms with van der Waals surface area (Å²) in [4.78, 5) is 47.0. The maximum Gasteiger partial charge on any atom is 0.326 e. The number of fused-ring (bicyclic) bond motifs is 1. The second-order valence-electron chi connectivity index (χ2n) is 7.76. The average Bonchev–Trinajstić information content (AvgIpc) is 2.80. The summed E-state index contributed by atoms with van der Waals surface area (Å²) in [7, 11) is -3.96. The Balaban J connectivity index is 1.71. The van der Waals surface area contributed by atoms with E-state index in [-0.39, 0.29) is 0 Å². The van der Waals surface area contributed by atoms with E-state index in [0.29, 0.717) is 22.7 Å². The topological polar surface area (TPSA) is 189 Å². The second-order valence-corrected chi connectivity index (χ2v) is 9.87. The molecule has 0 aromatic carbocycles. The monoisotopic (exact) mass is 513 g/mol. The van der Waals surface area contributed by atoms with Crippen molar-refractivity contribution in [2.45, 2.75) is 19.4 Å². The highest BCUT2D eigenvalue weighted by atomic mass is 32.2. The predicted molar refractivity (Wildman–Crippen MR) is 131 cm³/mol. The van der Waals surface area contributed by atoms with Crippen LogP contribution in [0.15, 0.2) is 55.0 Å². The van der Waals surface area contributed by atoms with Gasteiger partial charge in [0.2, 0.25) is 5.91 Å². The molecule has 0 radical (unpaired) electrons. The van der Waals surface area contributed by atoms with Crippen LogP contribution in [0.4, 0.5) is 5.82 Å². The number of carbonyl (C=O) groups is 3. The molecule has 0 aliphatic rings. The third-order valence-electron chi connectivity index (χ3n) is 4.89. The van der Waals surface area contributed by atoms with Crippen LogP contribution in [-0.2, 0) is 24.2 Å². The lowest BCUT2D eigenvalue weighted by molar-refractivity contribution is -0.147. The summed E-state index contributed by atoms with van der Waals surface area (Å²) in [5, 5.41) is 23.3. The molecule has 0 saturated heterocycles. The normalized spacial score (nSPS) is 12.4. The van der Waals surface area contributed by atoms with E-state index in [2.05, 4.69) is 20.3 Å². The van der Waals surface area contributed by atoms with Gasteiger partial charge >= 0.3 is 11.9 Å². The molecule has 3 aromatic rings. The van der Waals surface area contributed by atoms with Crippen LogP contribution in [0.25, 0.3) is 22.3 Å². The molecule has 0 bridgehead atoms. The van der Waals surface area contributed by atoms with Gasteiger partial charge in [-0.3, -0.25) is 19.6 Å². The van der Waals surface area contributed by atoms with E-state index < -0.39 is 51.7 Å². The fourth-order valence-corrected chi connectivity index (χ4v) is 4.25. The van der Waals surface area contributed by atoms with Gasteiger partial charge in [0.05, 0.1) is 23.6 Å². The Hall–Kier alpha value is -4.39. The fraction of sp³-hybridized carbons (Fsp3) is 0.217. The molecule has 3 aromatic heterocycles. The Morgan fingerprint density at radius 2 is 1.83 bits per heavy atom. The lowest BCUT2D eigenvalue weighted by atomic mass is 10.1. The first-order valence-electron chi connectivity index (χ1n) is 10.6. The zero-order chi connectivity index (χ0) is 26.3. The molecule has 0 fully saturated rings. The highest BCUT2D eigenvalue weighted by Crippen LogP contribution is 2.27. The van der Waals surface area contributed by atoms with Crippen LogP contribution < -0.4 is 10.6 Å².